The molecule has 0 amide bonds. The summed E-state index contributed by atoms with van der Waals surface area (Å²) < 4.78 is 4.71. The van der Waals surface area contributed by atoms with Crippen LogP contribution in [0.3, 0.4) is 0 Å². The van der Waals surface area contributed by atoms with E-state index in [4.69, 9.17) is 4.74 Å². The van der Waals surface area contributed by atoms with Gasteiger partial charge in [-0.3, -0.25) is 0 Å². The molecule has 88 valence electrons. The highest BCUT2D eigenvalue weighted by molar-refractivity contribution is 7.17. The van der Waals surface area contributed by atoms with Gasteiger partial charge in [-0.1, -0.05) is 23.8 Å². The Bertz CT molecular complexity index is 555. The summed E-state index contributed by atoms with van der Waals surface area (Å²) in [4.78, 5) is 13.1. The lowest BCUT2D eigenvalue weighted by molar-refractivity contribution is 0.0606. The summed E-state index contributed by atoms with van der Waals surface area (Å²) in [6.45, 7) is 4.14. The Morgan fingerprint density at radius 1 is 1.18 bits per heavy atom. The van der Waals surface area contributed by atoms with Crippen LogP contribution in [0.15, 0.2) is 30.3 Å². The van der Waals surface area contributed by atoms with Crippen molar-refractivity contribution in [3.05, 3.63) is 46.3 Å². The van der Waals surface area contributed by atoms with Crippen molar-refractivity contribution in [2.75, 3.05) is 7.11 Å². The largest absolute Gasteiger partial charge is 0.465 e. The number of thiophene rings is 1. The third-order valence-electron chi connectivity index (χ3n) is 2.65. The first kappa shape index (κ1) is 11.9. The highest BCUT2D eigenvalue weighted by atomic mass is 32.1. The molecule has 2 rings (SSSR count). The Labute approximate surface area is 105 Å². The van der Waals surface area contributed by atoms with E-state index in [1.165, 1.54) is 35.1 Å². The molecule has 0 aliphatic rings. The lowest BCUT2D eigenvalue weighted by Crippen LogP contribution is -1.96. The van der Waals surface area contributed by atoms with Crippen molar-refractivity contribution in [1.29, 1.82) is 0 Å². The molecular weight excluding hydrogens is 232 g/mol. The SMILES string of the molecule is COC(=O)c1ccc(-c2cc(C)ccc2C)s1. The molecule has 0 N–H and O–H groups in total. The Kier molecular flexibility index (Phi) is 3.29. The predicted octanol–water partition coefficient (Wildman–Crippen LogP) is 3.82. The number of rotatable bonds is 2. The molecule has 0 radical (unpaired) electrons. The van der Waals surface area contributed by atoms with E-state index in [-0.39, 0.29) is 5.97 Å². The fourth-order valence-corrected chi connectivity index (χ4v) is 2.70. The van der Waals surface area contributed by atoms with Crippen LogP contribution in [0, 0.1) is 13.8 Å². The molecule has 0 atom stereocenters. The minimum absolute atomic E-state index is 0.272. The Morgan fingerprint density at radius 2 is 1.94 bits per heavy atom. The first-order valence-electron chi connectivity index (χ1n) is 5.37. The van der Waals surface area contributed by atoms with Crippen LogP contribution in [0.25, 0.3) is 10.4 Å². The Balaban J connectivity index is 2.43. The molecule has 0 saturated heterocycles. The maximum absolute atomic E-state index is 11.4. The number of carbonyl (C=O) groups is 1. The van der Waals surface area contributed by atoms with E-state index in [0.717, 1.165) is 4.88 Å². The van der Waals surface area contributed by atoms with E-state index >= 15 is 0 Å². The van der Waals surface area contributed by atoms with Crippen molar-refractivity contribution in [2.45, 2.75) is 13.8 Å². The highest BCUT2D eigenvalue weighted by Crippen LogP contribution is 2.31. The van der Waals surface area contributed by atoms with E-state index in [9.17, 15) is 4.79 Å². The van der Waals surface area contributed by atoms with Crippen molar-refractivity contribution in [2.24, 2.45) is 0 Å². The summed E-state index contributed by atoms with van der Waals surface area (Å²) >= 11 is 1.47. The molecule has 0 fully saturated rings. The fourth-order valence-electron chi connectivity index (χ4n) is 1.69. The summed E-state index contributed by atoms with van der Waals surface area (Å²) in [6, 6.07) is 10.1. The van der Waals surface area contributed by atoms with E-state index < -0.39 is 0 Å². The molecule has 0 aliphatic heterocycles. The van der Waals surface area contributed by atoms with Gasteiger partial charge in [0.25, 0.3) is 0 Å². The van der Waals surface area contributed by atoms with Crippen molar-refractivity contribution >= 4 is 17.3 Å². The molecule has 0 unspecified atom stereocenters. The molecular formula is C14H14O2S. The molecule has 0 spiro atoms. The van der Waals surface area contributed by atoms with Gasteiger partial charge in [0.05, 0.1) is 7.11 Å². The highest BCUT2D eigenvalue weighted by Gasteiger charge is 2.11. The number of methoxy groups -OCH3 is 1. The zero-order valence-electron chi connectivity index (χ0n) is 10.1. The minimum atomic E-state index is -0.272. The molecule has 0 aliphatic carbocycles. The predicted molar refractivity (Wildman–Crippen MR) is 70.6 cm³/mol. The van der Waals surface area contributed by atoms with E-state index in [1.807, 2.05) is 12.1 Å². The Hall–Kier alpha value is -1.61. The second kappa shape index (κ2) is 4.72. The summed E-state index contributed by atoms with van der Waals surface area (Å²) in [5.74, 6) is -0.272. The molecule has 1 aromatic heterocycles. The van der Waals surface area contributed by atoms with Gasteiger partial charge in [0.2, 0.25) is 0 Å². The zero-order chi connectivity index (χ0) is 12.4. The summed E-state index contributed by atoms with van der Waals surface area (Å²) in [7, 11) is 1.40. The number of aryl methyl sites for hydroxylation is 2. The van der Waals surface area contributed by atoms with Gasteiger partial charge in [-0.2, -0.15) is 0 Å². The molecule has 2 aromatic rings. The quantitative estimate of drug-likeness (QED) is 0.753. The minimum Gasteiger partial charge on any atom is -0.465 e. The summed E-state index contributed by atoms with van der Waals surface area (Å²) in [5.41, 5.74) is 3.62. The van der Waals surface area contributed by atoms with E-state index in [0.29, 0.717) is 4.88 Å². The first-order chi connectivity index (χ1) is 8.11. The van der Waals surface area contributed by atoms with Crippen LogP contribution in [0.4, 0.5) is 0 Å². The van der Waals surface area contributed by atoms with Gasteiger partial charge in [-0.25, -0.2) is 4.79 Å². The lowest BCUT2D eigenvalue weighted by atomic mass is 10.0. The topological polar surface area (TPSA) is 26.3 Å². The smallest absolute Gasteiger partial charge is 0.348 e. The van der Waals surface area contributed by atoms with Crippen LogP contribution in [-0.4, -0.2) is 13.1 Å². The van der Waals surface area contributed by atoms with E-state index in [1.54, 1.807) is 0 Å². The lowest BCUT2D eigenvalue weighted by Gasteiger charge is -2.04. The molecule has 3 heteroatoms. The second-order valence-corrected chi connectivity index (χ2v) is 5.06. The van der Waals surface area contributed by atoms with Crippen molar-refractivity contribution < 1.29 is 9.53 Å². The Morgan fingerprint density at radius 3 is 2.65 bits per heavy atom. The van der Waals surface area contributed by atoms with Gasteiger partial charge in [0.1, 0.15) is 4.88 Å². The van der Waals surface area contributed by atoms with Crippen LogP contribution in [0.2, 0.25) is 0 Å². The van der Waals surface area contributed by atoms with Crippen molar-refractivity contribution in [1.82, 2.24) is 0 Å². The average molecular weight is 246 g/mol. The van der Waals surface area contributed by atoms with Crippen LogP contribution in [-0.2, 0) is 4.74 Å². The van der Waals surface area contributed by atoms with Gasteiger partial charge in [0.15, 0.2) is 0 Å². The number of ether oxygens (including phenoxy) is 1. The number of hydrogen-bond acceptors (Lipinski definition) is 3. The number of benzene rings is 1. The number of esters is 1. The van der Waals surface area contributed by atoms with Crippen molar-refractivity contribution in [3.8, 4) is 10.4 Å². The van der Waals surface area contributed by atoms with Gasteiger partial charge in [0, 0.05) is 4.88 Å². The average Bonchev–Trinajstić information content (AvgIpc) is 2.80. The van der Waals surface area contributed by atoms with Gasteiger partial charge < -0.3 is 4.74 Å². The molecule has 1 heterocycles. The zero-order valence-corrected chi connectivity index (χ0v) is 10.9. The fraction of sp³-hybridized carbons (Fsp3) is 0.214. The molecule has 1 aromatic carbocycles. The summed E-state index contributed by atoms with van der Waals surface area (Å²) in [6.07, 6.45) is 0. The first-order valence-corrected chi connectivity index (χ1v) is 6.19. The van der Waals surface area contributed by atoms with Gasteiger partial charge in [-0.05, 0) is 37.1 Å². The standard InChI is InChI=1S/C14H14O2S/c1-9-4-5-10(2)11(8-9)12-6-7-13(17-12)14(15)16-3/h4-8H,1-3H3. The monoisotopic (exact) mass is 246 g/mol. The van der Waals surface area contributed by atoms with Crippen LogP contribution in [0.1, 0.15) is 20.8 Å². The van der Waals surface area contributed by atoms with Gasteiger partial charge >= 0.3 is 5.97 Å². The third-order valence-corrected chi connectivity index (χ3v) is 3.75. The van der Waals surface area contributed by atoms with Gasteiger partial charge in [-0.15, -0.1) is 11.3 Å². The van der Waals surface area contributed by atoms with Crippen molar-refractivity contribution in [3.63, 3.8) is 0 Å². The maximum Gasteiger partial charge on any atom is 0.348 e. The normalized spacial score (nSPS) is 10.3. The third kappa shape index (κ3) is 2.39. The van der Waals surface area contributed by atoms with E-state index in [2.05, 4.69) is 32.0 Å². The van der Waals surface area contributed by atoms with Crippen LogP contribution < -0.4 is 0 Å². The molecule has 0 saturated carbocycles. The second-order valence-electron chi connectivity index (χ2n) is 3.97. The molecule has 17 heavy (non-hydrogen) atoms. The number of carbonyl (C=O) groups excluding carboxylic acids is 1. The molecule has 0 bridgehead atoms. The molecule has 2 nitrogen and oxygen atoms in total. The van der Waals surface area contributed by atoms with Crippen LogP contribution in [0.5, 0.6) is 0 Å². The maximum atomic E-state index is 11.4. The van der Waals surface area contributed by atoms with Crippen LogP contribution >= 0.6 is 11.3 Å². The summed E-state index contributed by atoms with van der Waals surface area (Å²) in [5, 5.41) is 0. The number of hydrogen-bond donors (Lipinski definition) is 0.